The molecule has 41 heavy (non-hydrogen) atoms. The molecule has 0 saturated heterocycles. The Labute approximate surface area is 241 Å². The van der Waals surface area contributed by atoms with E-state index in [4.69, 9.17) is 18.4 Å². The molecule has 0 aliphatic heterocycles. The molecular formula is C27H42N2O11S. The summed E-state index contributed by atoms with van der Waals surface area (Å²) in [5, 5.41) is 13.3. The van der Waals surface area contributed by atoms with E-state index in [1.165, 1.54) is 0 Å². The van der Waals surface area contributed by atoms with Crippen molar-refractivity contribution in [3.8, 4) is 0 Å². The second-order valence-corrected chi connectivity index (χ2v) is 14.0. The summed E-state index contributed by atoms with van der Waals surface area (Å²) >= 11 is 0. The average molecular weight is 603 g/mol. The van der Waals surface area contributed by atoms with Gasteiger partial charge < -0.3 is 19.5 Å². The number of rotatable bonds is 12. The monoisotopic (exact) mass is 602 g/mol. The van der Waals surface area contributed by atoms with Crippen LogP contribution < -0.4 is 5.32 Å². The van der Waals surface area contributed by atoms with Crippen LogP contribution in [0.5, 0.6) is 0 Å². The van der Waals surface area contributed by atoms with Crippen LogP contribution in [0.2, 0.25) is 0 Å². The van der Waals surface area contributed by atoms with Crippen molar-refractivity contribution in [3.63, 3.8) is 0 Å². The summed E-state index contributed by atoms with van der Waals surface area (Å²) in [4.78, 5) is 48.5. The molecule has 1 rings (SSSR count). The topological polar surface area (TPSA) is 177 Å². The summed E-state index contributed by atoms with van der Waals surface area (Å²) in [6.45, 7) is 14.6. The van der Waals surface area contributed by atoms with Gasteiger partial charge in [-0.3, -0.25) is 19.1 Å². The number of nitrogens with one attached hydrogen (secondary N) is 1. The molecule has 2 atom stereocenters. The Balaban J connectivity index is 3.08. The van der Waals surface area contributed by atoms with E-state index in [2.05, 4.69) is 5.32 Å². The summed E-state index contributed by atoms with van der Waals surface area (Å²) in [6, 6.07) is 2.94. The van der Waals surface area contributed by atoms with Gasteiger partial charge in [-0.25, -0.2) is 9.59 Å². The molecule has 0 heterocycles. The number of hydrogen-bond donors (Lipinski definition) is 1. The van der Waals surface area contributed by atoms with Crippen molar-refractivity contribution in [1.29, 1.82) is 0 Å². The van der Waals surface area contributed by atoms with E-state index in [1.807, 2.05) is 0 Å². The van der Waals surface area contributed by atoms with Gasteiger partial charge in [0.05, 0.1) is 22.3 Å². The van der Waals surface area contributed by atoms with Gasteiger partial charge in [-0.15, -0.1) is 0 Å². The molecular weight excluding hydrogens is 560 g/mol. The lowest BCUT2D eigenvalue weighted by molar-refractivity contribution is -0.384. The number of esters is 2. The van der Waals surface area contributed by atoms with Gasteiger partial charge in [0.2, 0.25) is 0 Å². The van der Waals surface area contributed by atoms with Gasteiger partial charge in [-0.2, -0.15) is 8.42 Å². The standard InChI is InChI=1S/C27H42N2O11S/c1-25(2,3)38-22(30)18(11-10-16-37-41(35,36)20-14-12-19(13-15-20)29(33)34)17-21(23(31)39-26(4,5)6)28-24(32)40-27(7,8)9/h12-15,18,21H,10-11,16-17H2,1-9H3,(H,28,32)/t18-,21?/m0/s1. The van der Waals surface area contributed by atoms with E-state index in [0.29, 0.717) is 0 Å². The van der Waals surface area contributed by atoms with Crippen LogP contribution in [0.1, 0.15) is 81.6 Å². The van der Waals surface area contributed by atoms with Crippen LogP contribution in [-0.2, 0) is 38.1 Å². The van der Waals surface area contributed by atoms with Crippen molar-refractivity contribution in [2.45, 2.75) is 109 Å². The Morgan fingerprint density at radius 3 is 1.80 bits per heavy atom. The van der Waals surface area contributed by atoms with Gasteiger partial charge in [0, 0.05) is 12.1 Å². The third-order valence-electron chi connectivity index (χ3n) is 4.91. The number of carbonyl (C=O) groups is 3. The molecule has 1 aromatic rings. The normalized spacial score (nSPS) is 14.0. The van der Waals surface area contributed by atoms with E-state index in [1.54, 1.807) is 62.3 Å². The molecule has 0 spiro atoms. The maximum atomic E-state index is 13.1. The quantitative estimate of drug-likeness (QED) is 0.0878. The number of amides is 1. The number of alkyl carbamates (subject to hydrolysis) is 1. The number of hydrogen-bond acceptors (Lipinski definition) is 11. The van der Waals surface area contributed by atoms with E-state index < -0.39 is 61.8 Å². The Morgan fingerprint density at radius 2 is 1.34 bits per heavy atom. The van der Waals surface area contributed by atoms with Crippen LogP contribution in [0.25, 0.3) is 0 Å². The Hall–Kier alpha value is -3.26. The fourth-order valence-electron chi connectivity index (χ4n) is 3.34. The minimum absolute atomic E-state index is 0.0417. The highest BCUT2D eigenvalue weighted by Gasteiger charge is 2.35. The Bertz CT molecular complexity index is 1180. The highest BCUT2D eigenvalue weighted by molar-refractivity contribution is 7.86. The summed E-state index contributed by atoms with van der Waals surface area (Å²) in [5.74, 6) is -2.39. The molecule has 232 valence electrons. The minimum Gasteiger partial charge on any atom is -0.460 e. The zero-order valence-electron chi connectivity index (χ0n) is 25.1. The molecule has 0 aromatic heterocycles. The summed E-state index contributed by atoms with van der Waals surface area (Å²) in [7, 11) is -4.23. The van der Waals surface area contributed by atoms with Crippen molar-refractivity contribution < 1.29 is 46.1 Å². The molecule has 1 N–H and O–H groups in total. The van der Waals surface area contributed by atoms with E-state index in [0.717, 1.165) is 24.3 Å². The maximum Gasteiger partial charge on any atom is 0.408 e. The second-order valence-electron chi connectivity index (χ2n) is 12.4. The van der Waals surface area contributed by atoms with Crippen molar-refractivity contribution in [1.82, 2.24) is 5.32 Å². The molecule has 13 nitrogen and oxygen atoms in total. The van der Waals surface area contributed by atoms with Crippen LogP contribution in [0.15, 0.2) is 29.2 Å². The van der Waals surface area contributed by atoms with Crippen LogP contribution >= 0.6 is 0 Å². The van der Waals surface area contributed by atoms with Gasteiger partial charge in [0.15, 0.2) is 0 Å². The van der Waals surface area contributed by atoms with Crippen molar-refractivity contribution in [2.24, 2.45) is 5.92 Å². The third kappa shape index (κ3) is 14.3. The molecule has 0 fully saturated rings. The van der Waals surface area contributed by atoms with E-state index >= 15 is 0 Å². The van der Waals surface area contributed by atoms with Crippen LogP contribution in [0.3, 0.4) is 0 Å². The predicted octanol–water partition coefficient (Wildman–Crippen LogP) is 4.66. The molecule has 1 aromatic carbocycles. The van der Waals surface area contributed by atoms with Crippen LogP contribution in [0, 0.1) is 16.0 Å². The first-order valence-corrected chi connectivity index (χ1v) is 14.5. The number of nitrogens with zero attached hydrogens (tertiary/aromatic N) is 1. The smallest absolute Gasteiger partial charge is 0.408 e. The van der Waals surface area contributed by atoms with Crippen LogP contribution in [-0.4, -0.2) is 60.8 Å². The number of nitro benzene ring substituents is 1. The lowest BCUT2D eigenvalue weighted by atomic mass is 9.94. The number of ether oxygens (including phenoxy) is 3. The zero-order chi connectivity index (χ0) is 31.8. The Morgan fingerprint density at radius 1 is 0.854 bits per heavy atom. The van der Waals surface area contributed by atoms with Gasteiger partial charge >= 0.3 is 18.0 Å². The van der Waals surface area contributed by atoms with Gasteiger partial charge in [0.1, 0.15) is 22.8 Å². The lowest BCUT2D eigenvalue weighted by Crippen LogP contribution is -2.47. The first kappa shape index (κ1) is 35.8. The largest absolute Gasteiger partial charge is 0.460 e. The molecule has 0 aliphatic rings. The number of nitro groups is 1. The summed E-state index contributed by atoms with van der Waals surface area (Å²) < 4.78 is 46.3. The molecule has 0 aliphatic carbocycles. The molecule has 1 unspecified atom stereocenters. The number of carbonyl (C=O) groups excluding carboxylic acids is 3. The van der Waals surface area contributed by atoms with Gasteiger partial charge in [0.25, 0.3) is 15.8 Å². The number of non-ortho nitro benzene ring substituents is 1. The first-order chi connectivity index (χ1) is 18.5. The highest BCUT2D eigenvalue weighted by atomic mass is 32.2. The minimum atomic E-state index is -4.23. The van der Waals surface area contributed by atoms with Crippen molar-refractivity contribution >= 4 is 33.8 Å². The second kappa shape index (κ2) is 14.1. The third-order valence-corrected chi connectivity index (χ3v) is 6.24. The van der Waals surface area contributed by atoms with Gasteiger partial charge in [-0.05, 0) is 93.7 Å². The molecule has 1 amide bonds. The molecule has 14 heteroatoms. The molecule has 0 radical (unpaired) electrons. The first-order valence-electron chi connectivity index (χ1n) is 13.1. The van der Waals surface area contributed by atoms with E-state index in [-0.39, 0.29) is 36.5 Å². The molecule has 0 saturated carbocycles. The highest BCUT2D eigenvalue weighted by Crippen LogP contribution is 2.23. The maximum absolute atomic E-state index is 13.1. The van der Waals surface area contributed by atoms with Gasteiger partial charge in [-0.1, -0.05) is 0 Å². The van der Waals surface area contributed by atoms with Crippen molar-refractivity contribution in [3.05, 3.63) is 34.4 Å². The average Bonchev–Trinajstić information content (AvgIpc) is 2.76. The predicted molar refractivity (Wildman–Crippen MR) is 148 cm³/mol. The fraction of sp³-hybridized carbons (Fsp3) is 0.667. The fourth-order valence-corrected chi connectivity index (χ4v) is 4.28. The lowest BCUT2D eigenvalue weighted by Gasteiger charge is -2.29. The zero-order valence-corrected chi connectivity index (χ0v) is 26.0. The molecule has 0 bridgehead atoms. The summed E-state index contributed by atoms with van der Waals surface area (Å²) in [5.41, 5.74) is -2.86. The SMILES string of the molecule is CC(C)(C)OC(=O)NC(C[C@H](CCCOS(=O)(=O)c1ccc([N+](=O)[O-])cc1)C(=O)OC(C)(C)C)C(=O)OC(C)(C)C. The Kier molecular flexibility index (Phi) is 12.3. The van der Waals surface area contributed by atoms with Crippen LogP contribution in [0.4, 0.5) is 10.5 Å². The van der Waals surface area contributed by atoms with Crippen molar-refractivity contribution in [2.75, 3.05) is 6.61 Å². The van der Waals surface area contributed by atoms with E-state index in [9.17, 15) is 32.9 Å². The number of benzene rings is 1. The summed E-state index contributed by atoms with van der Waals surface area (Å²) in [6.07, 6.45) is -0.990.